The van der Waals surface area contributed by atoms with Crippen LogP contribution in [0.3, 0.4) is 0 Å². The fourth-order valence-corrected chi connectivity index (χ4v) is 3.93. The number of hydrogen-bond acceptors (Lipinski definition) is 4. The summed E-state index contributed by atoms with van der Waals surface area (Å²) in [5.41, 5.74) is -0.310. The Kier molecular flexibility index (Phi) is 2.53. The summed E-state index contributed by atoms with van der Waals surface area (Å²) in [7, 11) is 0. The van der Waals surface area contributed by atoms with Crippen LogP contribution in [0.5, 0.6) is 0 Å². The minimum atomic E-state index is -0.310. The summed E-state index contributed by atoms with van der Waals surface area (Å²) in [5.74, 6) is 0.398. The summed E-state index contributed by atoms with van der Waals surface area (Å²) in [4.78, 5) is 12.4. The molecule has 106 valence electrons. The first-order valence-corrected chi connectivity index (χ1v) is 7.58. The van der Waals surface area contributed by atoms with Crippen LogP contribution in [0.4, 0.5) is 0 Å². The third-order valence-corrected chi connectivity index (χ3v) is 5.39. The Morgan fingerprint density at radius 2 is 1.89 bits per heavy atom. The van der Waals surface area contributed by atoms with Gasteiger partial charge in [-0.3, -0.25) is 4.79 Å². The summed E-state index contributed by atoms with van der Waals surface area (Å²) in [5, 5.41) is 0. The summed E-state index contributed by atoms with van der Waals surface area (Å²) in [6.07, 6.45) is 6.22. The van der Waals surface area contributed by atoms with Crippen molar-refractivity contribution in [1.82, 2.24) is 0 Å². The Bertz CT molecular complexity index is 409. The molecule has 4 heteroatoms. The van der Waals surface area contributed by atoms with Crippen molar-refractivity contribution in [3.8, 4) is 0 Å². The molecule has 0 N–H and O–H groups in total. The van der Waals surface area contributed by atoms with Gasteiger partial charge in [0.05, 0.1) is 30.3 Å². The number of epoxide rings is 2. The number of carbonyl (C=O) groups is 1. The van der Waals surface area contributed by atoms with E-state index in [1.165, 1.54) is 0 Å². The lowest BCUT2D eigenvalue weighted by Crippen LogP contribution is -2.41. The smallest absolute Gasteiger partial charge is 0.309 e. The van der Waals surface area contributed by atoms with Gasteiger partial charge in [0, 0.05) is 6.42 Å². The van der Waals surface area contributed by atoms with E-state index in [0.717, 1.165) is 32.1 Å². The van der Waals surface area contributed by atoms with E-state index in [1.807, 2.05) is 0 Å². The Morgan fingerprint density at radius 3 is 2.68 bits per heavy atom. The lowest BCUT2D eigenvalue weighted by molar-refractivity contribution is -0.168. The zero-order valence-electron chi connectivity index (χ0n) is 11.6. The lowest BCUT2D eigenvalue weighted by Gasteiger charge is -2.34. The fraction of sp³-hybridized carbons (Fsp3) is 0.933. The normalized spacial score (nSPS) is 54.8. The maximum atomic E-state index is 12.4. The number of rotatable bonds is 2. The van der Waals surface area contributed by atoms with Gasteiger partial charge in [-0.1, -0.05) is 6.92 Å². The van der Waals surface area contributed by atoms with Gasteiger partial charge < -0.3 is 14.2 Å². The molecule has 4 fully saturated rings. The average Bonchev–Trinajstić information content (AvgIpc) is 3.20. The molecule has 0 aromatic rings. The van der Waals surface area contributed by atoms with Crippen LogP contribution < -0.4 is 0 Å². The maximum Gasteiger partial charge on any atom is 0.309 e. The quantitative estimate of drug-likeness (QED) is 0.567. The lowest BCUT2D eigenvalue weighted by atomic mass is 9.80. The van der Waals surface area contributed by atoms with Gasteiger partial charge >= 0.3 is 5.97 Å². The van der Waals surface area contributed by atoms with Gasteiger partial charge in [0.25, 0.3) is 0 Å². The second-order valence-corrected chi connectivity index (χ2v) is 7.09. The van der Waals surface area contributed by atoms with Gasteiger partial charge in [-0.05, 0) is 38.5 Å². The van der Waals surface area contributed by atoms with E-state index in [1.54, 1.807) is 0 Å². The van der Waals surface area contributed by atoms with Gasteiger partial charge in [-0.15, -0.1) is 0 Å². The first-order valence-electron chi connectivity index (χ1n) is 7.58. The van der Waals surface area contributed by atoms with Crippen molar-refractivity contribution in [3.05, 3.63) is 0 Å². The molecule has 2 aliphatic carbocycles. The highest BCUT2D eigenvalue weighted by molar-refractivity contribution is 5.73. The summed E-state index contributed by atoms with van der Waals surface area (Å²) < 4.78 is 17.0. The molecule has 7 atom stereocenters. The number of esters is 1. The van der Waals surface area contributed by atoms with Crippen LogP contribution >= 0.6 is 0 Å². The first-order chi connectivity index (χ1) is 9.04. The van der Waals surface area contributed by atoms with Crippen molar-refractivity contribution in [3.63, 3.8) is 0 Å². The SMILES string of the molecule is CC1CC2OC2CC1C(=O)OC1(C)CCC2OC2C1. The molecular weight excluding hydrogens is 244 g/mol. The van der Waals surface area contributed by atoms with Crippen LogP contribution in [0.1, 0.15) is 46.0 Å². The minimum absolute atomic E-state index is 0.0111. The van der Waals surface area contributed by atoms with E-state index in [0.29, 0.717) is 30.3 Å². The average molecular weight is 266 g/mol. The molecule has 2 saturated carbocycles. The predicted octanol–water partition coefficient (Wildman–Crippen LogP) is 2.05. The van der Waals surface area contributed by atoms with Crippen LogP contribution in [0.25, 0.3) is 0 Å². The zero-order valence-corrected chi connectivity index (χ0v) is 11.6. The zero-order chi connectivity index (χ0) is 13.2. The van der Waals surface area contributed by atoms with Crippen LogP contribution in [-0.2, 0) is 19.0 Å². The van der Waals surface area contributed by atoms with Gasteiger partial charge in [0.2, 0.25) is 0 Å². The molecule has 0 amide bonds. The van der Waals surface area contributed by atoms with Crippen molar-refractivity contribution < 1.29 is 19.0 Å². The van der Waals surface area contributed by atoms with Gasteiger partial charge in [-0.2, -0.15) is 0 Å². The van der Waals surface area contributed by atoms with Crippen LogP contribution in [-0.4, -0.2) is 36.0 Å². The van der Waals surface area contributed by atoms with E-state index < -0.39 is 0 Å². The molecule has 0 bridgehead atoms. The van der Waals surface area contributed by atoms with Gasteiger partial charge in [-0.25, -0.2) is 0 Å². The highest BCUT2D eigenvalue weighted by Gasteiger charge is 2.53. The van der Waals surface area contributed by atoms with E-state index in [9.17, 15) is 4.79 Å². The third kappa shape index (κ3) is 2.19. The highest BCUT2D eigenvalue weighted by atomic mass is 16.6. The van der Waals surface area contributed by atoms with E-state index >= 15 is 0 Å². The molecule has 2 saturated heterocycles. The standard InChI is InChI=1S/C15H22O4/c1-8-5-11-12(18-11)6-9(8)14(16)19-15(2)4-3-10-13(7-15)17-10/h8-13H,3-7H2,1-2H3. The molecule has 4 aliphatic rings. The topological polar surface area (TPSA) is 51.4 Å². The van der Waals surface area contributed by atoms with Gasteiger partial charge in [0.15, 0.2) is 0 Å². The van der Waals surface area contributed by atoms with E-state index in [-0.39, 0.29) is 17.5 Å². The van der Waals surface area contributed by atoms with Crippen molar-refractivity contribution in [2.24, 2.45) is 11.8 Å². The highest BCUT2D eigenvalue weighted by Crippen LogP contribution is 2.46. The molecule has 0 aromatic heterocycles. The second kappa shape index (κ2) is 3.95. The van der Waals surface area contributed by atoms with Crippen molar-refractivity contribution in [2.75, 3.05) is 0 Å². The first kappa shape index (κ1) is 12.2. The number of carbonyl (C=O) groups excluding carboxylic acids is 1. The largest absolute Gasteiger partial charge is 0.459 e. The second-order valence-electron chi connectivity index (χ2n) is 7.09. The Hall–Kier alpha value is -0.610. The summed E-state index contributed by atoms with van der Waals surface area (Å²) >= 11 is 0. The third-order valence-electron chi connectivity index (χ3n) is 5.39. The number of fused-ring (bicyclic) bond motifs is 2. The van der Waals surface area contributed by atoms with Gasteiger partial charge in [0.1, 0.15) is 5.60 Å². The molecule has 4 rings (SSSR count). The molecule has 2 heterocycles. The number of ether oxygens (including phenoxy) is 3. The van der Waals surface area contributed by atoms with E-state index in [2.05, 4.69) is 13.8 Å². The molecule has 0 radical (unpaired) electrons. The van der Waals surface area contributed by atoms with Crippen LogP contribution in [0.15, 0.2) is 0 Å². The molecule has 7 unspecified atom stereocenters. The predicted molar refractivity (Wildman–Crippen MR) is 67.6 cm³/mol. The Morgan fingerprint density at radius 1 is 1.16 bits per heavy atom. The van der Waals surface area contributed by atoms with Crippen molar-refractivity contribution in [2.45, 2.75) is 76.0 Å². The Labute approximate surface area is 113 Å². The fourth-order valence-electron chi connectivity index (χ4n) is 3.93. The Balaban J connectivity index is 1.39. The summed E-state index contributed by atoms with van der Waals surface area (Å²) in [6, 6.07) is 0. The van der Waals surface area contributed by atoms with Crippen LogP contribution in [0.2, 0.25) is 0 Å². The minimum Gasteiger partial charge on any atom is -0.459 e. The van der Waals surface area contributed by atoms with E-state index in [4.69, 9.17) is 14.2 Å². The molecule has 19 heavy (non-hydrogen) atoms. The number of hydrogen-bond donors (Lipinski definition) is 0. The molecule has 0 spiro atoms. The maximum absolute atomic E-state index is 12.4. The molecule has 0 aromatic carbocycles. The van der Waals surface area contributed by atoms with Crippen molar-refractivity contribution in [1.29, 1.82) is 0 Å². The molecule has 2 aliphatic heterocycles. The van der Waals surface area contributed by atoms with Crippen molar-refractivity contribution >= 4 is 5.97 Å². The molecule has 4 nitrogen and oxygen atoms in total. The molecular formula is C15H22O4. The summed E-state index contributed by atoms with van der Waals surface area (Å²) in [6.45, 7) is 4.21. The van der Waals surface area contributed by atoms with Crippen LogP contribution in [0, 0.1) is 11.8 Å². The monoisotopic (exact) mass is 266 g/mol.